The summed E-state index contributed by atoms with van der Waals surface area (Å²) >= 11 is 0. The highest BCUT2D eigenvalue weighted by Gasteiger charge is 2.28. The largest absolute Gasteiger partial charge is 0.390 e. The van der Waals surface area contributed by atoms with Crippen LogP contribution in [-0.2, 0) is 12.0 Å². The van der Waals surface area contributed by atoms with Crippen molar-refractivity contribution >= 4 is 0 Å². The molecule has 1 aliphatic rings. The first-order chi connectivity index (χ1) is 8.26. The summed E-state index contributed by atoms with van der Waals surface area (Å²) in [7, 11) is 0. The fraction of sp³-hybridized carbons (Fsp3) is 0.846. The van der Waals surface area contributed by atoms with Crippen molar-refractivity contribution in [2.24, 2.45) is 0 Å². The lowest BCUT2D eigenvalue weighted by Crippen LogP contribution is -2.42. The normalized spacial score (nSPS) is 21.2. The maximum Gasteiger partial charge on any atom is 0.232 e. The molecule has 1 aromatic rings. The minimum Gasteiger partial charge on any atom is -0.390 e. The van der Waals surface area contributed by atoms with E-state index in [1.807, 2.05) is 6.92 Å². The van der Waals surface area contributed by atoms with Gasteiger partial charge in [0.15, 0.2) is 5.82 Å². The van der Waals surface area contributed by atoms with Crippen molar-refractivity contribution in [1.29, 1.82) is 0 Å². The van der Waals surface area contributed by atoms with Crippen LogP contribution in [0, 0.1) is 0 Å². The Morgan fingerprint density at radius 2 is 1.94 bits per heavy atom. The third-order valence-corrected chi connectivity index (χ3v) is 3.41. The molecule has 0 bridgehead atoms. The average Bonchev–Trinajstić information content (AvgIpc) is 2.69. The molecule has 5 heteroatoms. The summed E-state index contributed by atoms with van der Waals surface area (Å²) in [6.07, 6.45) is 1.61. The molecule has 1 saturated heterocycles. The summed E-state index contributed by atoms with van der Waals surface area (Å²) in [5.41, 5.74) is -0.610. The summed E-state index contributed by atoms with van der Waals surface area (Å²) in [6.45, 7) is 10.5. The second-order valence-corrected chi connectivity index (χ2v) is 6.54. The van der Waals surface area contributed by atoms with Gasteiger partial charge < -0.3 is 9.63 Å². The van der Waals surface area contributed by atoms with Crippen LogP contribution >= 0.6 is 0 Å². The Morgan fingerprint density at radius 1 is 1.33 bits per heavy atom. The van der Waals surface area contributed by atoms with Gasteiger partial charge in [0.25, 0.3) is 0 Å². The second kappa shape index (κ2) is 4.63. The van der Waals surface area contributed by atoms with E-state index in [-0.39, 0.29) is 5.41 Å². The molecule has 0 atom stereocenters. The van der Waals surface area contributed by atoms with Gasteiger partial charge in [-0.15, -0.1) is 0 Å². The van der Waals surface area contributed by atoms with Crippen LogP contribution in [0.3, 0.4) is 0 Å². The van der Waals surface area contributed by atoms with Gasteiger partial charge in [0, 0.05) is 18.5 Å². The van der Waals surface area contributed by atoms with Crippen LogP contribution in [0.2, 0.25) is 0 Å². The molecular weight excluding hydrogens is 230 g/mol. The molecule has 2 rings (SSSR count). The summed E-state index contributed by atoms with van der Waals surface area (Å²) in [6, 6.07) is 0. The van der Waals surface area contributed by atoms with Crippen LogP contribution in [0.1, 0.15) is 52.3 Å². The zero-order valence-corrected chi connectivity index (χ0v) is 11.7. The van der Waals surface area contributed by atoms with Crippen LogP contribution < -0.4 is 0 Å². The lowest BCUT2D eigenvalue weighted by Gasteiger charge is -2.35. The molecule has 1 aliphatic heterocycles. The highest BCUT2D eigenvalue weighted by molar-refractivity contribution is 4.98. The van der Waals surface area contributed by atoms with E-state index in [9.17, 15) is 5.11 Å². The molecule has 0 aromatic carbocycles. The van der Waals surface area contributed by atoms with Crippen molar-refractivity contribution < 1.29 is 9.63 Å². The van der Waals surface area contributed by atoms with E-state index >= 15 is 0 Å². The van der Waals surface area contributed by atoms with Gasteiger partial charge in [0.05, 0.1) is 12.1 Å². The highest BCUT2D eigenvalue weighted by atomic mass is 16.5. The third kappa shape index (κ3) is 3.29. The molecule has 0 saturated carbocycles. The van der Waals surface area contributed by atoms with Gasteiger partial charge >= 0.3 is 0 Å². The first-order valence-corrected chi connectivity index (χ1v) is 6.54. The monoisotopic (exact) mass is 253 g/mol. The number of hydrogen-bond acceptors (Lipinski definition) is 5. The zero-order chi connectivity index (χ0) is 13.4. The maximum absolute atomic E-state index is 9.89. The number of rotatable bonds is 2. The van der Waals surface area contributed by atoms with Gasteiger partial charge in [0.2, 0.25) is 5.89 Å². The van der Waals surface area contributed by atoms with E-state index in [2.05, 4.69) is 35.8 Å². The van der Waals surface area contributed by atoms with Crippen molar-refractivity contribution in [3.05, 3.63) is 11.7 Å². The van der Waals surface area contributed by atoms with Crippen molar-refractivity contribution in [3.63, 3.8) is 0 Å². The molecule has 18 heavy (non-hydrogen) atoms. The van der Waals surface area contributed by atoms with Gasteiger partial charge in [-0.1, -0.05) is 25.9 Å². The standard InChI is InChI=1S/C13H23N3O2/c1-12(2,3)11-14-10(15-18-11)9-16-7-5-13(4,17)6-8-16/h17H,5-9H2,1-4H3. The number of piperidine rings is 1. The Labute approximate surface area is 108 Å². The quantitative estimate of drug-likeness (QED) is 0.869. The molecule has 5 nitrogen and oxygen atoms in total. The molecule has 1 N–H and O–H groups in total. The minimum absolute atomic E-state index is 0.100. The van der Waals surface area contributed by atoms with E-state index in [0.29, 0.717) is 12.4 Å². The molecule has 0 spiro atoms. The van der Waals surface area contributed by atoms with Crippen LogP contribution in [-0.4, -0.2) is 38.8 Å². The topological polar surface area (TPSA) is 62.4 Å². The lowest BCUT2D eigenvalue weighted by atomic mass is 9.94. The zero-order valence-electron chi connectivity index (χ0n) is 11.7. The molecular formula is C13H23N3O2. The van der Waals surface area contributed by atoms with Crippen molar-refractivity contribution in [3.8, 4) is 0 Å². The van der Waals surface area contributed by atoms with E-state index < -0.39 is 5.60 Å². The SMILES string of the molecule is CC1(O)CCN(Cc2noc(C(C)(C)C)n2)CC1. The van der Waals surface area contributed by atoms with Crippen molar-refractivity contribution in [1.82, 2.24) is 15.0 Å². The van der Waals surface area contributed by atoms with E-state index in [1.54, 1.807) is 0 Å². The second-order valence-electron chi connectivity index (χ2n) is 6.54. The summed E-state index contributed by atoms with van der Waals surface area (Å²) in [4.78, 5) is 6.69. The predicted octanol–water partition coefficient (Wildman–Crippen LogP) is 1.71. The lowest BCUT2D eigenvalue weighted by molar-refractivity contribution is -0.00799. The smallest absolute Gasteiger partial charge is 0.232 e. The predicted molar refractivity (Wildman–Crippen MR) is 68.1 cm³/mol. The van der Waals surface area contributed by atoms with Gasteiger partial charge in [-0.3, -0.25) is 4.90 Å². The number of hydrogen-bond donors (Lipinski definition) is 1. The van der Waals surface area contributed by atoms with Crippen LogP contribution in [0.4, 0.5) is 0 Å². The van der Waals surface area contributed by atoms with Crippen LogP contribution in [0.25, 0.3) is 0 Å². The first-order valence-electron chi connectivity index (χ1n) is 6.54. The molecule has 102 valence electrons. The first kappa shape index (κ1) is 13.5. The molecule has 1 aromatic heterocycles. The molecule has 0 unspecified atom stereocenters. The maximum atomic E-state index is 9.89. The Balaban J connectivity index is 1.93. The Kier molecular flexibility index (Phi) is 3.47. The molecule has 0 radical (unpaired) electrons. The van der Waals surface area contributed by atoms with Crippen molar-refractivity contribution in [2.75, 3.05) is 13.1 Å². The molecule has 1 fully saturated rings. The number of likely N-dealkylation sites (tertiary alicyclic amines) is 1. The Bertz CT molecular complexity index is 397. The molecule has 2 heterocycles. The minimum atomic E-state index is -0.510. The van der Waals surface area contributed by atoms with Gasteiger partial charge in [-0.25, -0.2) is 0 Å². The van der Waals surface area contributed by atoms with E-state index in [1.165, 1.54) is 0 Å². The van der Waals surface area contributed by atoms with E-state index in [4.69, 9.17) is 4.52 Å². The van der Waals surface area contributed by atoms with Gasteiger partial charge in [0.1, 0.15) is 0 Å². The highest BCUT2D eigenvalue weighted by Crippen LogP contribution is 2.23. The molecule has 0 aliphatic carbocycles. The Hall–Kier alpha value is -0.940. The number of aliphatic hydroxyl groups is 1. The Morgan fingerprint density at radius 3 is 2.44 bits per heavy atom. The molecule has 0 amide bonds. The van der Waals surface area contributed by atoms with E-state index in [0.717, 1.165) is 31.8 Å². The van der Waals surface area contributed by atoms with Gasteiger partial charge in [-0.05, 0) is 19.8 Å². The van der Waals surface area contributed by atoms with Crippen molar-refractivity contribution in [2.45, 2.75) is 58.1 Å². The summed E-state index contributed by atoms with van der Waals surface area (Å²) in [5, 5.41) is 13.9. The number of aromatic nitrogens is 2. The fourth-order valence-electron chi connectivity index (χ4n) is 2.02. The third-order valence-electron chi connectivity index (χ3n) is 3.41. The van der Waals surface area contributed by atoms with Gasteiger partial charge in [-0.2, -0.15) is 4.98 Å². The van der Waals surface area contributed by atoms with Crippen LogP contribution in [0.15, 0.2) is 4.52 Å². The van der Waals surface area contributed by atoms with Crippen LogP contribution in [0.5, 0.6) is 0 Å². The fourth-order valence-corrected chi connectivity index (χ4v) is 2.02. The average molecular weight is 253 g/mol. The number of nitrogens with zero attached hydrogens (tertiary/aromatic N) is 3. The summed E-state index contributed by atoms with van der Waals surface area (Å²) < 4.78 is 5.27. The summed E-state index contributed by atoms with van der Waals surface area (Å²) in [5.74, 6) is 1.42.